The fourth-order valence-electron chi connectivity index (χ4n) is 2.73. The monoisotopic (exact) mass is 353 g/mol. The molecule has 1 amide bonds. The van der Waals surface area contributed by atoms with Crippen LogP contribution in [0, 0.1) is 5.92 Å². The van der Waals surface area contributed by atoms with Gasteiger partial charge in [-0.05, 0) is 6.42 Å². The third-order valence-electron chi connectivity index (χ3n) is 4.17. The number of aliphatic hydroxyl groups is 1. The summed E-state index contributed by atoms with van der Waals surface area (Å²) in [6, 6.07) is 0. The second-order valence-electron chi connectivity index (χ2n) is 6.29. The van der Waals surface area contributed by atoms with Crippen LogP contribution in [0.4, 0.5) is 10.3 Å². The first-order chi connectivity index (χ1) is 11.8. The molecule has 1 fully saturated rings. The minimum absolute atomic E-state index is 0.0239. The van der Waals surface area contributed by atoms with E-state index >= 15 is 0 Å². The predicted molar refractivity (Wildman–Crippen MR) is 86.7 cm³/mol. The van der Waals surface area contributed by atoms with Crippen molar-refractivity contribution in [2.24, 2.45) is 5.92 Å². The second kappa shape index (κ2) is 6.52. The molecule has 0 aliphatic carbocycles. The van der Waals surface area contributed by atoms with Gasteiger partial charge in [0.15, 0.2) is 23.6 Å². The van der Waals surface area contributed by atoms with Crippen molar-refractivity contribution in [1.82, 2.24) is 19.5 Å². The topological polar surface area (TPSA) is 122 Å². The van der Waals surface area contributed by atoms with Crippen LogP contribution in [0.1, 0.15) is 33.4 Å². The van der Waals surface area contributed by atoms with Gasteiger partial charge in [-0.3, -0.25) is 24.5 Å². The number of anilines is 1. The van der Waals surface area contributed by atoms with Gasteiger partial charge in [0.25, 0.3) is 5.56 Å². The van der Waals surface area contributed by atoms with Crippen molar-refractivity contribution in [2.75, 3.05) is 5.32 Å². The molecule has 2 aromatic rings. The standard InChI is InChI=1S/C15H20FN5O4/c1-4-7-8(16)10(22)14(25-7)21-5-17-11-9(21)13(24)20-15(18-11)19-12(23)6(2)3/h5-8,10,14,22H,4H2,1-3H3,(H2,18,19,20,23,24)/t7-,8-,10-,14-/m1/s1. The largest absolute Gasteiger partial charge is 0.385 e. The molecule has 0 bridgehead atoms. The smallest absolute Gasteiger partial charge is 0.278 e. The van der Waals surface area contributed by atoms with Crippen LogP contribution in [0.5, 0.6) is 0 Å². The first kappa shape index (κ1) is 17.5. The maximum atomic E-state index is 14.0. The molecule has 2 aromatic heterocycles. The number of ether oxygens (including phenoxy) is 1. The molecule has 0 aromatic carbocycles. The molecule has 1 saturated heterocycles. The van der Waals surface area contributed by atoms with Crippen LogP contribution in [0.25, 0.3) is 11.2 Å². The molecule has 0 radical (unpaired) electrons. The third-order valence-corrected chi connectivity index (χ3v) is 4.17. The number of amides is 1. The lowest BCUT2D eigenvalue weighted by Crippen LogP contribution is -2.28. The molecule has 10 heteroatoms. The van der Waals surface area contributed by atoms with E-state index in [9.17, 15) is 19.1 Å². The van der Waals surface area contributed by atoms with Gasteiger partial charge in [-0.2, -0.15) is 4.98 Å². The Hall–Kier alpha value is -2.33. The summed E-state index contributed by atoms with van der Waals surface area (Å²) in [7, 11) is 0. The first-order valence-electron chi connectivity index (χ1n) is 8.08. The lowest BCUT2D eigenvalue weighted by molar-refractivity contribution is -0.118. The van der Waals surface area contributed by atoms with E-state index in [1.165, 1.54) is 10.9 Å². The molecule has 0 saturated carbocycles. The summed E-state index contributed by atoms with van der Waals surface area (Å²) in [6.45, 7) is 5.16. The van der Waals surface area contributed by atoms with Crippen LogP contribution in [0.2, 0.25) is 0 Å². The van der Waals surface area contributed by atoms with E-state index in [-0.39, 0.29) is 28.9 Å². The van der Waals surface area contributed by atoms with Crippen LogP contribution in [-0.4, -0.2) is 48.9 Å². The summed E-state index contributed by atoms with van der Waals surface area (Å²) >= 11 is 0. The molecule has 0 unspecified atom stereocenters. The summed E-state index contributed by atoms with van der Waals surface area (Å²) in [5.41, 5.74) is -0.475. The number of halogens is 1. The van der Waals surface area contributed by atoms with Gasteiger partial charge < -0.3 is 9.84 Å². The molecule has 136 valence electrons. The SMILES string of the molecule is CC[C@H]1O[C@@H](n2cnc3nc(NC(=O)C(C)C)[nH]c(=O)c32)[C@H](O)[C@@H]1F. The Morgan fingerprint density at radius 2 is 2.28 bits per heavy atom. The number of rotatable bonds is 4. The third kappa shape index (κ3) is 3.02. The highest BCUT2D eigenvalue weighted by Gasteiger charge is 2.44. The molecule has 1 aliphatic heterocycles. The van der Waals surface area contributed by atoms with Gasteiger partial charge >= 0.3 is 0 Å². The Kier molecular flexibility index (Phi) is 4.56. The number of nitrogens with zero attached hydrogens (tertiary/aromatic N) is 3. The number of aromatic nitrogens is 4. The number of aliphatic hydroxyl groups excluding tert-OH is 1. The van der Waals surface area contributed by atoms with E-state index in [1.54, 1.807) is 20.8 Å². The number of nitrogens with one attached hydrogen (secondary N) is 2. The summed E-state index contributed by atoms with van der Waals surface area (Å²) < 4.78 is 20.8. The van der Waals surface area contributed by atoms with E-state index in [4.69, 9.17) is 4.74 Å². The molecule has 1 aliphatic rings. The Morgan fingerprint density at radius 1 is 1.56 bits per heavy atom. The normalized spacial score (nSPS) is 26.5. The van der Waals surface area contributed by atoms with Crippen molar-refractivity contribution in [2.45, 2.75) is 51.8 Å². The van der Waals surface area contributed by atoms with Crippen molar-refractivity contribution in [3.63, 3.8) is 0 Å². The van der Waals surface area contributed by atoms with Crippen molar-refractivity contribution in [3.05, 3.63) is 16.7 Å². The van der Waals surface area contributed by atoms with Gasteiger partial charge in [0.2, 0.25) is 11.9 Å². The van der Waals surface area contributed by atoms with E-state index in [0.717, 1.165) is 0 Å². The minimum atomic E-state index is -1.55. The van der Waals surface area contributed by atoms with Gasteiger partial charge in [0.1, 0.15) is 12.4 Å². The van der Waals surface area contributed by atoms with E-state index in [0.29, 0.717) is 6.42 Å². The first-order valence-corrected chi connectivity index (χ1v) is 8.08. The van der Waals surface area contributed by atoms with Crippen molar-refractivity contribution < 1.29 is 19.0 Å². The number of alkyl halides is 1. The summed E-state index contributed by atoms with van der Waals surface area (Å²) in [6.07, 6.45) is -3.13. The van der Waals surface area contributed by atoms with Gasteiger partial charge in [-0.1, -0.05) is 20.8 Å². The van der Waals surface area contributed by atoms with Gasteiger partial charge in [-0.15, -0.1) is 0 Å². The van der Waals surface area contributed by atoms with E-state index < -0.39 is 30.2 Å². The number of fused-ring (bicyclic) bond motifs is 1. The average Bonchev–Trinajstić information content (AvgIpc) is 3.10. The Labute approximate surface area is 142 Å². The lowest BCUT2D eigenvalue weighted by Gasteiger charge is -2.16. The number of hydrogen-bond acceptors (Lipinski definition) is 6. The number of carbonyl (C=O) groups excluding carboxylic acids is 1. The molecule has 4 atom stereocenters. The second-order valence-corrected chi connectivity index (χ2v) is 6.29. The van der Waals surface area contributed by atoms with Crippen LogP contribution < -0.4 is 10.9 Å². The molecule has 3 N–H and O–H groups in total. The summed E-state index contributed by atoms with van der Waals surface area (Å²) in [5.74, 6) is -0.611. The van der Waals surface area contributed by atoms with Crippen molar-refractivity contribution in [1.29, 1.82) is 0 Å². The number of H-pyrrole nitrogens is 1. The molecular weight excluding hydrogens is 333 g/mol. The van der Waals surface area contributed by atoms with E-state index in [1.807, 2.05) is 0 Å². The fourth-order valence-corrected chi connectivity index (χ4v) is 2.73. The zero-order valence-electron chi connectivity index (χ0n) is 14.1. The number of carbonyl (C=O) groups is 1. The minimum Gasteiger partial charge on any atom is -0.385 e. The van der Waals surface area contributed by atoms with Crippen molar-refractivity contribution in [3.8, 4) is 0 Å². The van der Waals surface area contributed by atoms with Crippen LogP contribution in [0.3, 0.4) is 0 Å². The maximum Gasteiger partial charge on any atom is 0.278 e. The molecular formula is C15H20FN5O4. The molecule has 3 rings (SSSR count). The molecule has 0 spiro atoms. The Morgan fingerprint density at radius 3 is 2.88 bits per heavy atom. The van der Waals surface area contributed by atoms with Gasteiger partial charge in [0, 0.05) is 5.92 Å². The number of imidazole rings is 1. The summed E-state index contributed by atoms with van der Waals surface area (Å²) in [4.78, 5) is 34.7. The highest BCUT2D eigenvalue weighted by atomic mass is 19.1. The maximum absolute atomic E-state index is 14.0. The Balaban J connectivity index is 1.97. The summed E-state index contributed by atoms with van der Waals surface area (Å²) in [5, 5.41) is 12.6. The number of hydrogen-bond donors (Lipinski definition) is 3. The van der Waals surface area contributed by atoms with Gasteiger partial charge in [-0.25, -0.2) is 9.37 Å². The highest BCUT2D eigenvalue weighted by molar-refractivity contribution is 5.91. The van der Waals surface area contributed by atoms with Crippen LogP contribution in [-0.2, 0) is 9.53 Å². The average molecular weight is 353 g/mol. The predicted octanol–water partition coefficient (Wildman–Crippen LogP) is 0.720. The molecule has 9 nitrogen and oxygen atoms in total. The van der Waals surface area contributed by atoms with Crippen molar-refractivity contribution >= 4 is 23.0 Å². The van der Waals surface area contributed by atoms with Gasteiger partial charge in [0.05, 0.1) is 6.10 Å². The van der Waals surface area contributed by atoms with E-state index in [2.05, 4.69) is 20.3 Å². The molecule has 25 heavy (non-hydrogen) atoms. The molecule has 3 heterocycles. The zero-order valence-corrected chi connectivity index (χ0v) is 14.1. The van der Waals surface area contributed by atoms with Crippen LogP contribution >= 0.6 is 0 Å². The highest BCUT2D eigenvalue weighted by Crippen LogP contribution is 2.33. The Bertz CT molecular complexity index is 848. The van der Waals surface area contributed by atoms with Crippen LogP contribution in [0.15, 0.2) is 11.1 Å². The number of aromatic amines is 1. The fraction of sp³-hybridized carbons (Fsp3) is 0.600. The lowest BCUT2D eigenvalue weighted by atomic mass is 10.1. The quantitative estimate of drug-likeness (QED) is 0.744. The zero-order chi connectivity index (χ0) is 18.3.